The average molecular weight is 320 g/mol. The summed E-state index contributed by atoms with van der Waals surface area (Å²) >= 11 is 7.65. The van der Waals surface area contributed by atoms with Gasteiger partial charge in [0.25, 0.3) is 0 Å². The SMILES string of the molecule is Cc1cc(C)cc(NC(=O)CSCc2ccccc2Cl)c1. The summed E-state index contributed by atoms with van der Waals surface area (Å²) < 4.78 is 0. The normalized spacial score (nSPS) is 10.4. The Bertz CT molecular complexity index is 622. The van der Waals surface area contributed by atoms with E-state index >= 15 is 0 Å². The number of rotatable bonds is 5. The maximum atomic E-state index is 11.9. The second-order valence-electron chi connectivity index (χ2n) is 5.01. The van der Waals surface area contributed by atoms with Gasteiger partial charge in [-0.15, -0.1) is 11.8 Å². The van der Waals surface area contributed by atoms with E-state index in [9.17, 15) is 4.79 Å². The molecule has 2 aromatic rings. The van der Waals surface area contributed by atoms with Crippen molar-refractivity contribution in [3.8, 4) is 0 Å². The quantitative estimate of drug-likeness (QED) is 0.855. The molecule has 0 aromatic heterocycles. The van der Waals surface area contributed by atoms with Gasteiger partial charge in [0.2, 0.25) is 5.91 Å². The minimum Gasteiger partial charge on any atom is -0.325 e. The molecule has 0 fully saturated rings. The maximum Gasteiger partial charge on any atom is 0.234 e. The Morgan fingerprint density at radius 2 is 1.81 bits per heavy atom. The lowest BCUT2D eigenvalue weighted by Crippen LogP contribution is -2.14. The minimum atomic E-state index is 0.0112. The Labute approximate surface area is 134 Å². The molecule has 0 saturated carbocycles. The van der Waals surface area contributed by atoms with Crippen LogP contribution in [0, 0.1) is 13.8 Å². The lowest BCUT2D eigenvalue weighted by molar-refractivity contribution is -0.113. The summed E-state index contributed by atoms with van der Waals surface area (Å²) in [6.07, 6.45) is 0. The summed E-state index contributed by atoms with van der Waals surface area (Å²) in [5, 5.41) is 3.68. The molecule has 0 aliphatic heterocycles. The highest BCUT2D eigenvalue weighted by atomic mass is 35.5. The third kappa shape index (κ3) is 5.10. The summed E-state index contributed by atoms with van der Waals surface area (Å²) in [5.74, 6) is 1.16. The summed E-state index contributed by atoms with van der Waals surface area (Å²) in [5.41, 5.74) is 4.21. The van der Waals surface area contributed by atoms with Gasteiger partial charge in [0.05, 0.1) is 5.75 Å². The second-order valence-corrected chi connectivity index (χ2v) is 6.40. The van der Waals surface area contributed by atoms with Gasteiger partial charge in [0, 0.05) is 16.5 Å². The first-order chi connectivity index (χ1) is 10.0. The van der Waals surface area contributed by atoms with Crippen LogP contribution in [-0.2, 0) is 10.5 Å². The number of hydrogen-bond acceptors (Lipinski definition) is 2. The fourth-order valence-corrected chi connectivity index (χ4v) is 3.23. The smallest absolute Gasteiger partial charge is 0.234 e. The molecule has 0 saturated heterocycles. The molecule has 0 heterocycles. The molecule has 1 amide bonds. The number of hydrogen-bond donors (Lipinski definition) is 1. The van der Waals surface area contributed by atoms with Gasteiger partial charge >= 0.3 is 0 Å². The van der Waals surface area contributed by atoms with Crippen LogP contribution in [0.2, 0.25) is 5.02 Å². The summed E-state index contributed by atoms with van der Waals surface area (Å²) in [7, 11) is 0. The van der Waals surface area contributed by atoms with Crippen molar-refractivity contribution in [1.82, 2.24) is 0 Å². The lowest BCUT2D eigenvalue weighted by Gasteiger charge is -2.08. The predicted octanol–water partition coefficient (Wildman–Crippen LogP) is 4.83. The Balaban J connectivity index is 1.84. The van der Waals surface area contributed by atoms with Crippen molar-refractivity contribution in [2.45, 2.75) is 19.6 Å². The van der Waals surface area contributed by atoms with E-state index in [1.807, 2.05) is 50.2 Å². The number of halogens is 1. The standard InChI is InChI=1S/C17H18ClNOS/c1-12-7-13(2)9-15(8-12)19-17(20)11-21-10-14-5-3-4-6-16(14)18/h3-9H,10-11H2,1-2H3,(H,19,20). The number of anilines is 1. The fraction of sp³-hybridized carbons (Fsp3) is 0.235. The zero-order chi connectivity index (χ0) is 15.2. The molecule has 110 valence electrons. The van der Waals surface area contributed by atoms with E-state index in [0.717, 1.165) is 33.2 Å². The number of carbonyl (C=O) groups excluding carboxylic acids is 1. The molecule has 0 radical (unpaired) electrons. The zero-order valence-electron chi connectivity index (χ0n) is 12.2. The number of thioether (sulfide) groups is 1. The highest BCUT2D eigenvalue weighted by Gasteiger charge is 2.05. The molecule has 0 aliphatic rings. The van der Waals surface area contributed by atoms with Crippen LogP contribution in [0.1, 0.15) is 16.7 Å². The molecule has 0 aliphatic carbocycles. The van der Waals surface area contributed by atoms with Crippen molar-refractivity contribution >= 4 is 35.0 Å². The number of nitrogens with one attached hydrogen (secondary N) is 1. The van der Waals surface area contributed by atoms with E-state index < -0.39 is 0 Å². The van der Waals surface area contributed by atoms with Gasteiger partial charge < -0.3 is 5.32 Å². The Morgan fingerprint density at radius 1 is 1.14 bits per heavy atom. The van der Waals surface area contributed by atoms with E-state index in [1.54, 1.807) is 11.8 Å². The summed E-state index contributed by atoms with van der Waals surface area (Å²) in [4.78, 5) is 11.9. The third-order valence-electron chi connectivity index (χ3n) is 2.95. The largest absolute Gasteiger partial charge is 0.325 e. The third-order valence-corrected chi connectivity index (χ3v) is 4.30. The van der Waals surface area contributed by atoms with Gasteiger partial charge in [-0.1, -0.05) is 35.9 Å². The van der Waals surface area contributed by atoms with Crippen molar-refractivity contribution in [1.29, 1.82) is 0 Å². The molecule has 21 heavy (non-hydrogen) atoms. The van der Waals surface area contributed by atoms with E-state index in [4.69, 9.17) is 11.6 Å². The number of benzene rings is 2. The van der Waals surface area contributed by atoms with Crippen LogP contribution in [0.4, 0.5) is 5.69 Å². The molecule has 1 N–H and O–H groups in total. The van der Waals surface area contributed by atoms with Crippen LogP contribution in [0.3, 0.4) is 0 Å². The van der Waals surface area contributed by atoms with Crippen molar-refractivity contribution in [2.24, 2.45) is 0 Å². The number of carbonyl (C=O) groups is 1. The van der Waals surface area contributed by atoms with Crippen LogP contribution in [0.25, 0.3) is 0 Å². The molecular formula is C17H18ClNOS. The van der Waals surface area contributed by atoms with Crippen LogP contribution < -0.4 is 5.32 Å². The maximum absolute atomic E-state index is 11.9. The van der Waals surface area contributed by atoms with Crippen molar-refractivity contribution in [3.05, 3.63) is 64.2 Å². The van der Waals surface area contributed by atoms with Gasteiger partial charge in [-0.2, -0.15) is 0 Å². The highest BCUT2D eigenvalue weighted by molar-refractivity contribution is 7.99. The first kappa shape index (κ1) is 15.9. The van der Waals surface area contributed by atoms with Crippen LogP contribution in [0.5, 0.6) is 0 Å². The van der Waals surface area contributed by atoms with Gasteiger partial charge in [0.15, 0.2) is 0 Å². The summed E-state index contributed by atoms with van der Waals surface area (Å²) in [6, 6.07) is 13.7. The monoisotopic (exact) mass is 319 g/mol. The van der Waals surface area contributed by atoms with E-state index in [2.05, 4.69) is 11.4 Å². The Morgan fingerprint density at radius 3 is 2.48 bits per heavy atom. The molecule has 0 unspecified atom stereocenters. The van der Waals surface area contributed by atoms with Crippen LogP contribution in [-0.4, -0.2) is 11.7 Å². The molecule has 2 nitrogen and oxygen atoms in total. The molecule has 0 spiro atoms. The molecule has 0 atom stereocenters. The average Bonchev–Trinajstić information content (AvgIpc) is 2.39. The van der Waals surface area contributed by atoms with Gasteiger partial charge in [-0.3, -0.25) is 4.79 Å². The first-order valence-electron chi connectivity index (χ1n) is 6.74. The van der Waals surface area contributed by atoms with Gasteiger partial charge in [-0.05, 0) is 48.7 Å². The van der Waals surface area contributed by atoms with Crippen molar-refractivity contribution in [3.63, 3.8) is 0 Å². The molecule has 0 bridgehead atoms. The van der Waals surface area contributed by atoms with Crippen molar-refractivity contribution < 1.29 is 4.79 Å². The number of aryl methyl sites for hydroxylation is 2. The predicted molar refractivity (Wildman–Crippen MR) is 92.2 cm³/mol. The topological polar surface area (TPSA) is 29.1 Å². The fourth-order valence-electron chi connectivity index (χ4n) is 2.11. The van der Waals surface area contributed by atoms with E-state index in [0.29, 0.717) is 5.75 Å². The minimum absolute atomic E-state index is 0.0112. The molecular weight excluding hydrogens is 302 g/mol. The zero-order valence-corrected chi connectivity index (χ0v) is 13.7. The Kier molecular flexibility index (Phi) is 5.71. The first-order valence-corrected chi connectivity index (χ1v) is 8.27. The van der Waals surface area contributed by atoms with Crippen molar-refractivity contribution in [2.75, 3.05) is 11.1 Å². The van der Waals surface area contributed by atoms with Gasteiger partial charge in [0.1, 0.15) is 0 Å². The Hall–Kier alpha value is -1.45. The van der Waals surface area contributed by atoms with Crippen LogP contribution in [0.15, 0.2) is 42.5 Å². The molecule has 2 aromatic carbocycles. The molecule has 4 heteroatoms. The van der Waals surface area contributed by atoms with E-state index in [1.165, 1.54) is 0 Å². The van der Waals surface area contributed by atoms with E-state index in [-0.39, 0.29) is 5.91 Å². The lowest BCUT2D eigenvalue weighted by atomic mass is 10.1. The summed E-state index contributed by atoms with van der Waals surface area (Å²) in [6.45, 7) is 4.05. The second kappa shape index (κ2) is 7.53. The van der Waals surface area contributed by atoms with Gasteiger partial charge in [-0.25, -0.2) is 0 Å². The molecule has 2 rings (SSSR count). The van der Waals surface area contributed by atoms with Crippen LogP contribution >= 0.6 is 23.4 Å². The highest BCUT2D eigenvalue weighted by Crippen LogP contribution is 2.21. The number of amides is 1.